The minimum atomic E-state index is -2.98. The Morgan fingerprint density at radius 3 is 2.75 bits per heavy atom. The highest BCUT2D eigenvalue weighted by Crippen LogP contribution is 2.38. The molecular formula is C12H15ClN2O3S2. The second-order valence-corrected chi connectivity index (χ2v) is 8.36. The fourth-order valence-corrected chi connectivity index (χ4v) is 4.46. The van der Waals surface area contributed by atoms with E-state index in [4.69, 9.17) is 11.6 Å². The highest BCUT2D eigenvalue weighted by atomic mass is 35.5. The van der Waals surface area contributed by atoms with Crippen LogP contribution in [0.25, 0.3) is 0 Å². The van der Waals surface area contributed by atoms with Crippen molar-refractivity contribution in [1.82, 2.24) is 5.32 Å². The van der Waals surface area contributed by atoms with E-state index in [0.717, 1.165) is 16.1 Å². The standard InChI is InChI=1S/C12H15ClN2O3S2/c1-14-11-7-5-8(13)10(6-9(7)15-12(11)16)19-3-4-20(2,17)18/h5-6,11,14H,3-4H2,1-2H3,(H,15,16). The van der Waals surface area contributed by atoms with Crippen molar-refractivity contribution in [3.05, 3.63) is 22.7 Å². The second-order valence-electron chi connectivity index (χ2n) is 4.56. The second kappa shape index (κ2) is 5.93. The number of nitrogens with one attached hydrogen (secondary N) is 2. The Bertz CT molecular complexity index is 646. The van der Waals surface area contributed by atoms with Crippen LogP contribution in [-0.2, 0) is 14.6 Å². The van der Waals surface area contributed by atoms with Gasteiger partial charge in [-0.25, -0.2) is 8.42 Å². The zero-order valence-corrected chi connectivity index (χ0v) is 13.5. The highest BCUT2D eigenvalue weighted by molar-refractivity contribution is 8.00. The third-order valence-electron chi connectivity index (χ3n) is 2.94. The third-order valence-corrected chi connectivity index (χ3v) is 5.62. The number of thioether (sulfide) groups is 1. The molecule has 1 aliphatic rings. The quantitative estimate of drug-likeness (QED) is 0.801. The molecule has 0 radical (unpaired) electrons. The van der Waals surface area contributed by atoms with Crippen molar-refractivity contribution in [2.24, 2.45) is 0 Å². The number of sulfone groups is 1. The van der Waals surface area contributed by atoms with Crippen molar-refractivity contribution >= 4 is 44.8 Å². The summed E-state index contributed by atoms with van der Waals surface area (Å²) in [5.41, 5.74) is 1.54. The molecule has 8 heteroatoms. The summed E-state index contributed by atoms with van der Waals surface area (Å²) in [4.78, 5) is 12.5. The predicted molar refractivity (Wildman–Crippen MR) is 82.3 cm³/mol. The number of hydrogen-bond acceptors (Lipinski definition) is 5. The van der Waals surface area contributed by atoms with Crippen molar-refractivity contribution in [2.75, 3.05) is 30.1 Å². The summed E-state index contributed by atoms with van der Waals surface area (Å²) in [6.07, 6.45) is 1.20. The SMILES string of the molecule is CNC1C(=O)Nc2cc(SCCS(C)(=O)=O)c(Cl)cc21. The van der Waals surface area contributed by atoms with E-state index >= 15 is 0 Å². The van der Waals surface area contributed by atoms with E-state index in [9.17, 15) is 13.2 Å². The highest BCUT2D eigenvalue weighted by Gasteiger charge is 2.30. The summed E-state index contributed by atoms with van der Waals surface area (Å²) >= 11 is 7.56. The van der Waals surface area contributed by atoms with E-state index in [-0.39, 0.29) is 11.7 Å². The van der Waals surface area contributed by atoms with Crippen LogP contribution in [0.15, 0.2) is 17.0 Å². The number of hydrogen-bond donors (Lipinski definition) is 2. The lowest BCUT2D eigenvalue weighted by Gasteiger charge is -2.09. The molecular weight excluding hydrogens is 320 g/mol. The lowest BCUT2D eigenvalue weighted by molar-refractivity contribution is -0.117. The maximum Gasteiger partial charge on any atom is 0.246 e. The van der Waals surface area contributed by atoms with E-state index < -0.39 is 15.9 Å². The van der Waals surface area contributed by atoms with Crippen molar-refractivity contribution in [1.29, 1.82) is 0 Å². The topological polar surface area (TPSA) is 75.3 Å². The Balaban J connectivity index is 2.18. The normalized spacial score (nSPS) is 17.9. The minimum absolute atomic E-state index is 0.0938. The number of benzene rings is 1. The molecule has 1 aromatic carbocycles. The molecule has 1 heterocycles. The lowest BCUT2D eigenvalue weighted by Crippen LogP contribution is -2.23. The number of halogens is 1. The molecule has 5 nitrogen and oxygen atoms in total. The van der Waals surface area contributed by atoms with Crippen LogP contribution in [0.1, 0.15) is 11.6 Å². The van der Waals surface area contributed by atoms with E-state index in [1.807, 2.05) is 0 Å². The van der Waals surface area contributed by atoms with Gasteiger partial charge in [-0.15, -0.1) is 11.8 Å². The van der Waals surface area contributed by atoms with Crippen molar-refractivity contribution in [3.63, 3.8) is 0 Å². The molecule has 1 aromatic rings. The summed E-state index contributed by atoms with van der Waals surface area (Å²) in [6.45, 7) is 0. The number of carbonyl (C=O) groups excluding carboxylic acids is 1. The first-order valence-electron chi connectivity index (χ1n) is 5.94. The van der Waals surface area contributed by atoms with Gasteiger partial charge in [0.05, 0.1) is 10.8 Å². The van der Waals surface area contributed by atoms with Gasteiger partial charge >= 0.3 is 0 Å². The van der Waals surface area contributed by atoms with Gasteiger partial charge in [0.1, 0.15) is 15.9 Å². The monoisotopic (exact) mass is 334 g/mol. The van der Waals surface area contributed by atoms with Gasteiger partial charge in [0.25, 0.3) is 0 Å². The molecule has 1 atom stereocenters. The lowest BCUT2D eigenvalue weighted by atomic mass is 10.1. The number of likely N-dealkylation sites (N-methyl/N-ethyl adjacent to an activating group) is 1. The molecule has 2 N–H and O–H groups in total. The first kappa shape index (κ1) is 15.6. The molecule has 0 spiro atoms. The van der Waals surface area contributed by atoms with Gasteiger partial charge in [0.15, 0.2) is 0 Å². The molecule has 1 aliphatic heterocycles. The number of rotatable bonds is 5. The van der Waals surface area contributed by atoms with Crippen LogP contribution in [0.4, 0.5) is 5.69 Å². The molecule has 1 amide bonds. The first-order valence-corrected chi connectivity index (χ1v) is 9.36. The van der Waals surface area contributed by atoms with Gasteiger partial charge < -0.3 is 10.6 Å². The molecule has 0 fully saturated rings. The average molecular weight is 335 g/mol. The van der Waals surface area contributed by atoms with Gasteiger partial charge in [0.2, 0.25) is 5.91 Å². The van der Waals surface area contributed by atoms with Crippen LogP contribution in [0.3, 0.4) is 0 Å². The summed E-state index contributed by atoms with van der Waals surface area (Å²) in [7, 11) is -1.27. The fraction of sp³-hybridized carbons (Fsp3) is 0.417. The van der Waals surface area contributed by atoms with Crippen LogP contribution >= 0.6 is 23.4 Å². The van der Waals surface area contributed by atoms with Crippen molar-refractivity contribution in [2.45, 2.75) is 10.9 Å². The fourth-order valence-electron chi connectivity index (χ4n) is 1.96. The largest absolute Gasteiger partial charge is 0.324 e. The van der Waals surface area contributed by atoms with Crippen LogP contribution in [0, 0.1) is 0 Å². The summed E-state index contributed by atoms with van der Waals surface area (Å²) in [5.74, 6) is 0.411. The summed E-state index contributed by atoms with van der Waals surface area (Å²) in [6, 6.07) is 3.15. The first-order chi connectivity index (χ1) is 9.31. The minimum Gasteiger partial charge on any atom is -0.324 e. The van der Waals surface area contributed by atoms with Crippen molar-refractivity contribution in [3.8, 4) is 0 Å². The molecule has 0 saturated heterocycles. The maximum absolute atomic E-state index is 11.7. The molecule has 1 unspecified atom stereocenters. The zero-order valence-electron chi connectivity index (χ0n) is 11.1. The van der Waals surface area contributed by atoms with E-state index in [0.29, 0.717) is 10.8 Å². The zero-order chi connectivity index (χ0) is 14.9. The van der Waals surface area contributed by atoms with Crippen LogP contribution in [0.2, 0.25) is 5.02 Å². The Hall–Kier alpha value is -0.760. The molecule has 20 heavy (non-hydrogen) atoms. The van der Waals surface area contributed by atoms with Crippen LogP contribution in [-0.4, -0.2) is 39.1 Å². The maximum atomic E-state index is 11.7. The van der Waals surface area contributed by atoms with E-state index in [1.54, 1.807) is 19.2 Å². The Kier molecular flexibility index (Phi) is 4.63. The molecule has 110 valence electrons. The molecule has 0 aromatic heterocycles. The Morgan fingerprint density at radius 2 is 2.15 bits per heavy atom. The van der Waals surface area contributed by atoms with Gasteiger partial charge in [-0.1, -0.05) is 11.6 Å². The van der Waals surface area contributed by atoms with Gasteiger partial charge in [-0.3, -0.25) is 4.79 Å². The van der Waals surface area contributed by atoms with Crippen LogP contribution in [0.5, 0.6) is 0 Å². The molecule has 0 bridgehead atoms. The number of carbonyl (C=O) groups is 1. The van der Waals surface area contributed by atoms with E-state index in [1.165, 1.54) is 18.0 Å². The number of amides is 1. The van der Waals surface area contributed by atoms with E-state index in [2.05, 4.69) is 10.6 Å². The smallest absolute Gasteiger partial charge is 0.246 e. The molecule has 2 rings (SSSR count). The van der Waals surface area contributed by atoms with Gasteiger partial charge in [-0.05, 0) is 19.2 Å². The van der Waals surface area contributed by atoms with Gasteiger partial charge in [0, 0.05) is 28.2 Å². The summed E-state index contributed by atoms with van der Waals surface area (Å²) in [5, 5.41) is 6.23. The molecule has 0 saturated carbocycles. The Labute approximate surface area is 127 Å². The Morgan fingerprint density at radius 1 is 1.45 bits per heavy atom. The number of fused-ring (bicyclic) bond motifs is 1. The van der Waals surface area contributed by atoms with Gasteiger partial charge in [-0.2, -0.15) is 0 Å². The van der Waals surface area contributed by atoms with Crippen LogP contribution < -0.4 is 10.6 Å². The average Bonchev–Trinajstić information content (AvgIpc) is 2.62. The summed E-state index contributed by atoms with van der Waals surface area (Å²) < 4.78 is 22.2. The third kappa shape index (κ3) is 3.46. The van der Waals surface area contributed by atoms with Crippen molar-refractivity contribution < 1.29 is 13.2 Å². The predicted octanol–water partition coefficient (Wildman–Crippen LogP) is 1.69. The molecule has 0 aliphatic carbocycles. The number of anilines is 1.